The van der Waals surface area contributed by atoms with Crippen LogP contribution in [0.2, 0.25) is 0 Å². The minimum Gasteiger partial charge on any atom is -0.387 e. The molecule has 1 spiro atoms. The Morgan fingerprint density at radius 1 is 1.57 bits per heavy atom. The van der Waals surface area contributed by atoms with Crippen molar-refractivity contribution in [3.05, 3.63) is 16.6 Å². The van der Waals surface area contributed by atoms with Crippen LogP contribution < -0.4 is 5.32 Å². The number of thiazole rings is 1. The summed E-state index contributed by atoms with van der Waals surface area (Å²) in [6, 6.07) is 0. The van der Waals surface area contributed by atoms with Gasteiger partial charge in [0.2, 0.25) is 0 Å². The molecular weight excluding hydrogens is 312 g/mol. The summed E-state index contributed by atoms with van der Waals surface area (Å²) in [5.41, 5.74) is 2.86. The smallest absolute Gasteiger partial charge is 0.269 e. The molecule has 3 rings (SSSR count). The minimum absolute atomic E-state index is 0.138. The van der Waals surface area contributed by atoms with E-state index in [2.05, 4.69) is 27.3 Å². The number of carbonyl (C=O) groups is 1. The highest BCUT2D eigenvalue weighted by molar-refractivity contribution is 7.07. The fraction of sp³-hybridized carbons (Fsp3) is 0.688. The van der Waals surface area contributed by atoms with Crippen molar-refractivity contribution in [2.24, 2.45) is 5.16 Å². The SMILES string of the molecule is CCCCN1CCC[C@]2(CC(C(=O)NCc3cscn3)=NO2)C1. The molecule has 0 aromatic carbocycles. The van der Waals surface area contributed by atoms with Gasteiger partial charge < -0.3 is 10.2 Å². The molecule has 7 heteroatoms. The highest BCUT2D eigenvalue weighted by Crippen LogP contribution is 2.33. The van der Waals surface area contributed by atoms with Gasteiger partial charge >= 0.3 is 0 Å². The van der Waals surface area contributed by atoms with Crippen molar-refractivity contribution in [1.29, 1.82) is 0 Å². The molecule has 1 amide bonds. The van der Waals surface area contributed by atoms with E-state index in [-0.39, 0.29) is 11.5 Å². The van der Waals surface area contributed by atoms with E-state index in [1.54, 1.807) is 5.51 Å². The molecule has 2 aliphatic rings. The van der Waals surface area contributed by atoms with Crippen molar-refractivity contribution < 1.29 is 9.63 Å². The molecule has 0 unspecified atom stereocenters. The van der Waals surface area contributed by atoms with E-state index in [1.807, 2.05) is 5.38 Å². The van der Waals surface area contributed by atoms with Gasteiger partial charge in [0.25, 0.3) is 5.91 Å². The van der Waals surface area contributed by atoms with E-state index in [0.29, 0.717) is 18.7 Å². The molecule has 1 fully saturated rings. The Morgan fingerprint density at radius 2 is 2.48 bits per heavy atom. The van der Waals surface area contributed by atoms with E-state index < -0.39 is 0 Å². The summed E-state index contributed by atoms with van der Waals surface area (Å²) in [5, 5.41) is 8.89. The number of rotatable bonds is 6. The van der Waals surface area contributed by atoms with Crippen LogP contribution in [0.5, 0.6) is 0 Å². The van der Waals surface area contributed by atoms with Crippen LogP contribution in [-0.2, 0) is 16.2 Å². The number of amides is 1. The Morgan fingerprint density at radius 3 is 3.26 bits per heavy atom. The minimum atomic E-state index is -0.292. The zero-order valence-electron chi connectivity index (χ0n) is 13.6. The Labute approximate surface area is 140 Å². The predicted molar refractivity (Wildman–Crippen MR) is 90.4 cm³/mol. The zero-order valence-corrected chi connectivity index (χ0v) is 14.4. The number of hydrogen-bond donors (Lipinski definition) is 1. The second-order valence-electron chi connectivity index (χ2n) is 6.38. The molecular formula is C16H24N4O2S. The van der Waals surface area contributed by atoms with E-state index in [4.69, 9.17) is 4.84 Å². The van der Waals surface area contributed by atoms with Crippen molar-refractivity contribution in [2.45, 2.75) is 51.2 Å². The summed E-state index contributed by atoms with van der Waals surface area (Å²) >= 11 is 1.52. The summed E-state index contributed by atoms with van der Waals surface area (Å²) < 4.78 is 0. The zero-order chi connectivity index (χ0) is 16.1. The van der Waals surface area contributed by atoms with Gasteiger partial charge in [-0.1, -0.05) is 18.5 Å². The maximum absolute atomic E-state index is 12.3. The first-order valence-corrected chi connectivity index (χ1v) is 9.28. The van der Waals surface area contributed by atoms with E-state index in [0.717, 1.165) is 38.2 Å². The van der Waals surface area contributed by atoms with Crippen LogP contribution >= 0.6 is 11.3 Å². The third-order valence-corrected chi connectivity index (χ3v) is 5.10. The van der Waals surface area contributed by atoms with Gasteiger partial charge in [-0.15, -0.1) is 11.3 Å². The van der Waals surface area contributed by atoms with Crippen LogP contribution in [0.4, 0.5) is 0 Å². The highest BCUT2D eigenvalue weighted by Gasteiger charge is 2.44. The van der Waals surface area contributed by atoms with Crippen molar-refractivity contribution >= 4 is 23.0 Å². The van der Waals surface area contributed by atoms with Gasteiger partial charge in [-0.2, -0.15) is 0 Å². The van der Waals surface area contributed by atoms with Gasteiger partial charge in [0, 0.05) is 18.3 Å². The second kappa shape index (κ2) is 7.40. The maximum atomic E-state index is 12.3. The summed E-state index contributed by atoms with van der Waals surface area (Å²) in [5.74, 6) is -0.138. The van der Waals surface area contributed by atoms with Gasteiger partial charge in [0.15, 0.2) is 5.60 Å². The predicted octanol–water partition coefficient (Wildman–Crippen LogP) is 2.17. The van der Waals surface area contributed by atoms with Crippen LogP contribution in [-0.4, -0.2) is 46.7 Å². The van der Waals surface area contributed by atoms with Crippen LogP contribution in [0.1, 0.15) is 44.7 Å². The molecule has 126 valence electrons. The molecule has 1 atom stereocenters. The molecule has 2 aliphatic heterocycles. The van der Waals surface area contributed by atoms with Gasteiger partial charge in [-0.3, -0.25) is 9.69 Å². The Balaban J connectivity index is 1.51. The molecule has 0 saturated carbocycles. The number of aromatic nitrogens is 1. The lowest BCUT2D eigenvalue weighted by Gasteiger charge is -2.38. The summed E-state index contributed by atoms with van der Waals surface area (Å²) in [6.45, 7) is 5.75. The fourth-order valence-electron chi connectivity index (χ4n) is 3.22. The van der Waals surface area contributed by atoms with Crippen LogP contribution in [0.25, 0.3) is 0 Å². The van der Waals surface area contributed by atoms with Crippen LogP contribution in [0.3, 0.4) is 0 Å². The first-order valence-electron chi connectivity index (χ1n) is 8.33. The van der Waals surface area contributed by atoms with Gasteiger partial charge in [-0.05, 0) is 32.4 Å². The molecule has 0 radical (unpaired) electrons. The molecule has 0 bridgehead atoms. The van der Waals surface area contributed by atoms with Crippen LogP contribution in [0.15, 0.2) is 16.0 Å². The first-order chi connectivity index (χ1) is 11.2. The monoisotopic (exact) mass is 336 g/mol. The van der Waals surface area contributed by atoms with Gasteiger partial charge in [0.1, 0.15) is 5.71 Å². The molecule has 6 nitrogen and oxygen atoms in total. The molecule has 1 aromatic heterocycles. The summed E-state index contributed by atoms with van der Waals surface area (Å²) in [7, 11) is 0. The fourth-order valence-corrected chi connectivity index (χ4v) is 3.78. The summed E-state index contributed by atoms with van der Waals surface area (Å²) in [6.07, 6.45) is 5.09. The molecule has 0 aliphatic carbocycles. The highest BCUT2D eigenvalue weighted by atomic mass is 32.1. The Hall–Kier alpha value is -1.47. The van der Waals surface area contributed by atoms with Crippen molar-refractivity contribution in [3.8, 4) is 0 Å². The standard InChI is InChI=1S/C16H24N4O2S/c1-2-3-6-20-7-4-5-16(11-20)8-14(19-22-16)15(21)17-9-13-10-23-12-18-13/h10,12H,2-9,11H2,1H3,(H,17,21)/t16-/m0/s1. The van der Waals surface area contributed by atoms with Crippen molar-refractivity contribution in [2.75, 3.05) is 19.6 Å². The first kappa shape index (κ1) is 16.4. The number of nitrogens with one attached hydrogen (secondary N) is 1. The lowest BCUT2D eigenvalue weighted by Crippen LogP contribution is -2.49. The number of unbranched alkanes of at least 4 members (excludes halogenated alkanes) is 1. The van der Waals surface area contributed by atoms with Gasteiger partial charge in [0.05, 0.1) is 17.7 Å². The average molecular weight is 336 g/mol. The number of carbonyl (C=O) groups excluding carboxylic acids is 1. The third kappa shape index (κ3) is 4.09. The second-order valence-corrected chi connectivity index (χ2v) is 7.10. The molecule has 3 heterocycles. The molecule has 23 heavy (non-hydrogen) atoms. The lowest BCUT2D eigenvalue weighted by atomic mass is 9.88. The Kier molecular flexibility index (Phi) is 5.27. The Bertz CT molecular complexity index is 560. The van der Waals surface area contributed by atoms with Crippen molar-refractivity contribution in [1.82, 2.24) is 15.2 Å². The number of piperidine rings is 1. The third-order valence-electron chi connectivity index (χ3n) is 4.46. The number of nitrogens with zero attached hydrogens (tertiary/aromatic N) is 3. The largest absolute Gasteiger partial charge is 0.387 e. The number of oxime groups is 1. The summed E-state index contributed by atoms with van der Waals surface area (Å²) in [4.78, 5) is 24.6. The molecule has 1 saturated heterocycles. The number of likely N-dealkylation sites (tertiary alicyclic amines) is 1. The average Bonchev–Trinajstić information content (AvgIpc) is 3.21. The van der Waals surface area contributed by atoms with E-state index >= 15 is 0 Å². The quantitative estimate of drug-likeness (QED) is 0.864. The topological polar surface area (TPSA) is 66.8 Å². The normalized spacial score (nSPS) is 24.5. The maximum Gasteiger partial charge on any atom is 0.269 e. The van der Waals surface area contributed by atoms with Crippen LogP contribution in [0, 0.1) is 0 Å². The van der Waals surface area contributed by atoms with Crippen molar-refractivity contribution in [3.63, 3.8) is 0 Å². The van der Waals surface area contributed by atoms with E-state index in [9.17, 15) is 4.79 Å². The number of hydrogen-bond acceptors (Lipinski definition) is 6. The lowest BCUT2D eigenvalue weighted by molar-refractivity contribution is -0.115. The molecule has 1 aromatic rings. The molecule has 1 N–H and O–H groups in total. The van der Waals surface area contributed by atoms with Gasteiger partial charge in [-0.25, -0.2) is 4.98 Å². The van der Waals surface area contributed by atoms with E-state index in [1.165, 1.54) is 24.2 Å².